The van der Waals surface area contributed by atoms with Crippen molar-refractivity contribution in [2.45, 2.75) is 33.2 Å². The topological polar surface area (TPSA) is 54.9 Å². The van der Waals surface area contributed by atoms with Gasteiger partial charge in [0.25, 0.3) is 5.91 Å². The number of carbonyl (C=O) groups excluding carboxylic acids is 1. The summed E-state index contributed by atoms with van der Waals surface area (Å²) in [4.78, 5) is 19.9. The molecule has 0 saturated heterocycles. The van der Waals surface area contributed by atoms with Gasteiger partial charge in [0.2, 0.25) is 0 Å². The van der Waals surface area contributed by atoms with Crippen LogP contribution in [-0.4, -0.2) is 21.4 Å². The minimum atomic E-state index is -0.280. The quantitative estimate of drug-likeness (QED) is 0.833. The molecule has 0 aliphatic carbocycles. The lowest BCUT2D eigenvalue weighted by molar-refractivity contribution is 0.0914. The molecule has 4 nitrogen and oxygen atoms in total. The average Bonchev–Trinajstić information content (AvgIpc) is 2.15. The van der Waals surface area contributed by atoms with Crippen molar-refractivity contribution in [1.29, 1.82) is 0 Å². The molecule has 0 aromatic carbocycles. The van der Waals surface area contributed by atoms with Gasteiger partial charge in [0.15, 0.2) is 0 Å². The van der Waals surface area contributed by atoms with Crippen LogP contribution in [0.25, 0.3) is 5.57 Å². The summed E-state index contributed by atoms with van der Waals surface area (Å²) in [5.74, 6) is -0.219. The van der Waals surface area contributed by atoms with Crippen molar-refractivity contribution in [2.24, 2.45) is 0 Å². The van der Waals surface area contributed by atoms with Gasteiger partial charge in [-0.05, 0) is 33.3 Å². The zero-order valence-corrected chi connectivity index (χ0v) is 10.2. The fraction of sp³-hybridized carbons (Fsp3) is 0.417. The van der Waals surface area contributed by atoms with Crippen LogP contribution in [0.5, 0.6) is 0 Å². The molecule has 0 aliphatic rings. The molecule has 1 aromatic rings. The summed E-state index contributed by atoms with van der Waals surface area (Å²) in [6, 6.07) is 0. The number of rotatable bonds is 2. The van der Waals surface area contributed by atoms with Crippen LogP contribution in [0, 0.1) is 0 Å². The molecule has 0 atom stereocenters. The van der Waals surface area contributed by atoms with Gasteiger partial charge in [0.05, 0.1) is 18.1 Å². The number of nitrogens with zero attached hydrogens (tertiary/aromatic N) is 2. The van der Waals surface area contributed by atoms with E-state index in [0.717, 1.165) is 5.57 Å². The Hall–Kier alpha value is -1.71. The van der Waals surface area contributed by atoms with E-state index < -0.39 is 0 Å². The Morgan fingerprint density at radius 2 is 1.94 bits per heavy atom. The summed E-state index contributed by atoms with van der Waals surface area (Å²) in [7, 11) is 0. The Labute approximate surface area is 97.3 Å². The lowest BCUT2D eigenvalue weighted by Gasteiger charge is -2.20. The van der Waals surface area contributed by atoms with Crippen molar-refractivity contribution in [3.8, 4) is 0 Å². The first-order valence-electron chi connectivity index (χ1n) is 5.10. The zero-order chi connectivity index (χ0) is 12.3. The number of hydrogen-bond donors (Lipinski definition) is 1. The lowest BCUT2D eigenvalue weighted by Crippen LogP contribution is -2.41. The van der Waals surface area contributed by atoms with E-state index in [9.17, 15) is 4.79 Å². The van der Waals surface area contributed by atoms with Crippen molar-refractivity contribution in [1.82, 2.24) is 15.3 Å². The fourth-order valence-corrected chi connectivity index (χ4v) is 1.09. The van der Waals surface area contributed by atoms with E-state index in [1.165, 1.54) is 6.20 Å². The highest BCUT2D eigenvalue weighted by molar-refractivity contribution is 5.92. The van der Waals surface area contributed by atoms with E-state index in [2.05, 4.69) is 21.9 Å². The van der Waals surface area contributed by atoms with Crippen LogP contribution in [0.1, 0.15) is 45.3 Å². The smallest absolute Gasteiger partial charge is 0.271 e. The SMILES string of the molecule is C=C(C)c1cncc(C(=O)NC(C)(C)C)n1.[HH]. The van der Waals surface area contributed by atoms with Crippen molar-refractivity contribution >= 4 is 11.5 Å². The molecule has 0 aliphatic heterocycles. The van der Waals surface area contributed by atoms with Gasteiger partial charge in [0.1, 0.15) is 5.69 Å². The number of aromatic nitrogens is 2. The molecule has 88 valence electrons. The molecule has 1 amide bonds. The van der Waals surface area contributed by atoms with E-state index in [-0.39, 0.29) is 12.9 Å². The van der Waals surface area contributed by atoms with Gasteiger partial charge < -0.3 is 5.32 Å². The second kappa shape index (κ2) is 4.43. The Balaban J connectivity index is 0.00000256. The van der Waals surface area contributed by atoms with E-state index in [1.807, 2.05) is 27.7 Å². The van der Waals surface area contributed by atoms with Gasteiger partial charge in [-0.25, -0.2) is 4.98 Å². The summed E-state index contributed by atoms with van der Waals surface area (Å²) < 4.78 is 0. The summed E-state index contributed by atoms with van der Waals surface area (Å²) in [6.07, 6.45) is 3.05. The molecule has 0 fully saturated rings. The Kier molecular flexibility index (Phi) is 3.42. The largest absolute Gasteiger partial charge is 0.346 e. The third-order valence-electron chi connectivity index (χ3n) is 1.79. The third kappa shape index (κ3) is 3.46. The zero-order valence-electron chi connectivity index (χ0n) is 10.2. The van der Waals surface area contributed by atoms with Crippen molar-refractivity contribution < 1.29 is 6.22 Å². The van der Waals surface area contributed by atoms with Crippen LogP contribution < -0.4 is 5.32 Å². The Bertz CT molecular complexity index is 424. The van der Waals surface area contributed by atoms with Crippen LogP contribution in [0.15, 0.2) is 19.0 Å². The molecular formula is C12H19N3O. The van der Waals surface area contributed by atoms with Gasteiger partial charge in [0, 0.05) is 6.97 Å². The predicted octanol–water partition coefficient (Wildman–Crippen LogP) is 2.28. The number of carbonyl (C=O) groups is 1. The van der Waals surface area contributed by atoms with Gasteiger partial charge in [-0.1, -0.05) is 6.58 Å². The van der Waals surface area contributed by atoms with Gasteiger partial charge in [-0.2, -0.15) is 0 Å². The van der Waals surface area contributed by atoms with Crippen LogP contribution >= 0.6 is 0 Å². The van der Waals surface area contributed by atoms with Crippen LogP contribution in [0.4, 0.5) is 0 Å². The molecule has 0 saturated carbocycles. The average molecular weight is 221 g/mol. The molecule has 0 unspecified atom stereocenters. The van der Waals surface area contributed by atoms with E-state index >= 15 is 0 Å². The van der Waals surface area contributed by atoms with Crippen molar-refractivity contribution in [2.75, 3.05) is 0 Å². The molecule has 0 bridgehead atoms. The maximum atomic E-state index is 11.8. The highest BCUT2D eigenvalue weighted by Crippen LogP contribution is 2.08. The van der Waals surface area contributed by atoms with E-state index in [1.54, 1.807) is 6.20 Å². The van der Waals surface area contributed by atoms with Crippen molar-refractivity contribution in [3.63, 3.8) is 0 Å². The monoisotopic (exact) mass is 221 g/mol. The molecule has 0 spiro atoms. The molecule has 0 radical (unpaired) electrons. The van der Waals surface area contributed by atoms with Crippen LogP contribution in [0.3, 0.4) is 0 Å². The van der Waals surface area contributed by atoms with Crippen molar-refractivity contribution in [3.05, 3.63) is 30.4 Å². The molecule has 16 heavy (non-hydrogen) atoms. The minimum Gasteiger partial charge on any atom is -0.346 e. The van der Waals surface area contributed by atoms with E-state index in [4.69, 9.17) is 0 Å². The normalized spacial score (nSPS) is 11.0. The molecular weight excluding hydrogens is 202 g/mol. The third-order valence-corrected chi connectivity index (χ3v) is 1.79. The molecule has 4 heteroatoms. The molecule has 1 aromatic heterocycles. The number of nitrogens with one attached hydrogen (secondary N) is 1. The maximum Gasteiger partial charge on any atom is 0.271 e. The first kappa shape index (κ1) is 12.4. The second-order valence-electron chi connectivity index (χ2n) is 4.77. The first-order valence-corrected chi connectivity index (χ1v) is 5.10. The van der Waals surface area contributed by atoms with Gasteiger partial charge in [-0.3, -0.25) is 9.78 Å². The summed E-state index contributed by atoms with van der Waals surface area (Å²) in [5, 5.41) is 2.83. The fourth-order valence-electron chi connectivity index (χ4n) is 1.09. The highest BCUT2D eigenvalue weighted by Gasteiger charge is 2.16. The molecule has 1 heterocycles. The number of amides is 1. The van der Waals surface area contributed by atoms with Crippen LogP contribution in [-0.2, 0) is 0 Å². The first-order chi connectivity index (χ1) is 7.29. The Morgan fingerprint density at radius 1 is 1.38 bits per heavy atom. The molecule has 1 rings (SSSR count). The minimum absolute atomic E-state index is 0. The Morgan fingerprint density at radius 3 is 2.44 bits per heavy atom. The summed E-state index contributed by atoms with van der Waals surface area (Å²) >= 11 is 0. The van der Waals surface area contributed by atoms with Gasteiger partial charge >= 0.3 is 0 Å². The number of hydrogen-bond acceptors (Lipinski definition) is 3. The second-order valence-corrected chi connectivity index (χ2v) is 4.77. The van der Waals surface area contributed by atoms with E-state index in [0.29, 0.717) is 11.4 Å². The summed E-state index contributed by atoms with van der Waals surface area (Å²) in [5.41, 5.74) is 1.47. The predicted molar refractivity (Wildman–Crippen MR) is 66.1 cm³/mol. The number of allylic oxidation sites excluding steroid dienone is 1. The van der Waals surface area contributed by atoms with Crippen LogP contribution in [0.2, 0.25) is 0 Å². The molecule has 1 N–H and O–H groups in total. The lowest BCUT2D eigenvalue weighted by atomic mass is 10.1. The van der Waals surface area contributed by atoms with Gasteiger partial charge in [-0.15, -0.1) is 0 Å². The standard InChI is InChI=1S/C12H17N3O.H2/c1-8(2)9-6-13-7-10(14-9)11(16)15-12(3,4)5;/h6-7H,1H2,2-5H3,(H,15,16);1H. The summed E-state index contributed by atoms with van der Waals surface area (Å²) in [6.45, 7) is 11.3. The maximum absolute atomic E-state index is 11.8. The highest BCUT2D eigenvalue weighted by atomic mass is 16.2.